The Morgan fingerprint density at radius 3 is 2.50 bits per heavy atom. The number of nitrogens with zero attached hydrogens (tertiary/aromatic N) is 2. The normalized spacial score (nSPS) is 11.6. The second-order valence-electron chi connectivity index (χ2n) is 5.61. The summed E-state index contributed by atoms with van der Waals surface area (Å²) in [6, 6.07) is 10.6. The Bertz CT molecular complexity index is 729. The molecule has 1 aromatic heterocycles. The van der Waals surface area contributed by atoms with Gasteiger partial charge in [0, 0.05) is 24.8 Å². The molecule has 6 heteroatoms. The number of methoxy groups -OCH3 is 1. The van der Waals surface area contributed by atoms with Gasteiger partial charge < -0.3 is 15.4 Å². The number of nitrogens with two attached hydrogens (primary N) is 1. The van der Waals surface area contributed by atoms with Gasteiger partial charge in [0.05, 0.1) is 7.11 Å². The summed E-state index contributed by atoms with van der Waals surface area (Å²) in [5, 5.41) is 0. The Morgan fingerprint density at radius 2 is 1.92 bits per heavy atom. The molecule has 2 N–H and O–H groups in total. The van der Waals surface area contributed by atoms with Gasteiger partial charge in [-0.1, -0.05) is 12.1 Å². The van der Waals surface area contributed by atoms with Crippen molar-refractivity contribution in [3.63, 3.8) is 0 Å². The Morgan fingerprint density at radius 1 is 1.25 bits per heavy atom. The van der Waals surface area contributed by atoms with Gasteiger partial charge in [0.2, 0.25) is 5.91 Å². The summed E-state index contributed by atoms with van der Waals surface area (Å²) >= 11 is 0. The smallest absolute Gasteiger partial charge is 0.272 e. The molecule has 1 heterocycles. The summed E-state index contributed by atoms with van der Waals surface area (Å²) in [6.45, 7) is 1.96. The number of amides is 2. The first kappa shape index (κ1) is 17.5. The molecule has 0 spiro atoms. The molecular weight excluding hydrogens is 306 g/mol. The number of likely N-dealkylation sites (N-methyl/N-ethyl adjacent to an activating group) is 1. The van der Waals surface area contributed by atoms with E-state index in [1.165, 1.54) is 18.3 Å². The lowest BCUT2D eigenvalue weighted by Crippen LogP contribution is -2.37. The molecule has 2 aromatic rings. The van der Waals surface area contributed by atoms with Crippen LogP contribution in [0, 0.1) is 0 Å². The molecule has 24 heavy (non-hydrogen) atoms. The lowest BCUT2D eigenvalue weighted by Gasteiger charge is -2.25. The highest BCUT2D eigenvalue weighted by atomic mass is 16.5. The third-order valence-electron chi connectivity index (χ3n) is 3.94. The van der Waals surface area contributed by atoms with Crippen molar-refractivity contribution in [2.45, 2.75) is 19.4 Å². The highest BCUT2D eigenvalue weighted by Crippen LogP contribution is 2.15. The molecule has 0 saturated heterocycles. The van der Waals surface area contributed by atoms with Crippen molar-refractivity contribution in [1.82, 2.24) is 9.88 Å². The fourth-order valence-electron chi connectivity index (χ4n) is 2.32. The van der Waals surface area contributed by atoms with Gasteiger partial charge in [-0.05, 0) is 43.2 Å². The Balaban J connectivity index is 2.08. The molecule has 1 atom stereocenters. The maximum Gasteiger partial charge on any atom is 0.272 e. The van der Waals surface area contributed by atoms with Gasteiger partial charge in [0.1, 0.15) is 11.4 Å². The monoisotopic (exact) mass is 327 g/mol. The van der Waals surface area contributed by atoms with Crippen LogP contribution in [-0.4, -0.2) is 41.9 Å². The zero-order chi connectivity index (χ0) is 17.7. The van der Waals surface area contributed by atoms with Crippen LogP contribution >= 0.6 is 0 Å². The SMILES string of the molecule is COc1ccc(CC(C)N(C)C(=O)c2cc(C(N)=O)ccn2)cc1. The van der Waals surface area contributed by atoms with E-state index in [0.717, 1.165) is 11.3 Å². The molecule has 0 aliphatic carbocycles. The number of benzene rings is 1. The standard InChI is InChI=1S/C18H21N3O3/c1-12(10-13-4-6-15(24-3)7-5-13)21(2)18(23)16-11-14(17(19)22)8-9-20-16/h4-9,11-12H,10H2,1-3H3,(H2,19,22). The van der Waals surface area contributed by atoms with Crippen LogP contribution in [0.25, 0.3) is 0 Å². The van der Waals surface area contributed by atoms with Crippen molar-refractivity contribution in [1.29, 1.82) is 0 Å². The summed E-state index contributed by atoms with van der Waals surface area (Å²) in [5.41, 5.74) is 6.81. The molecule has 1 aromatic carbocycles. The molecule has 0 aliphatic heterocycles. The zero-order valence-corrected chi connectivity index (χ0v) is 14.0. The van der Waals surface area contributed by atoms with Crippen LogP contribution in [0.1, 0.15) is 33.3 Å². The van der Waals surface area contributed by atoms with Gasteiger partial charge in [0.25, 0.3) is 5.91 Å². The number of pyridine rings is 1. The third kappa shape index (κ3) is 4.10. The summed E-state index contributed by atoms with van der Waals surface area (Å²) in [4.78, 5) is 29.4. The molecule has 2 rings (SSSR count). The average molecular weight is 327 g/mol. The van der Waals surface area contributed by atoms with Crippen molar-refractivity contribution in [2.75, 3.05) is 14.2 Å². The molecule has 0 bridgehead atoms. The van der Waals surface area contributed by atoms with E-state index in [1.54, 1.807) is 19.1 Å². The van der Waals surface area contributed by atoms with E-state index in [2.05, 4.69) is 4.98 Å². The molecule has 2 amide bonds. The number of carbonyl (C=O) groups is 2. The number of carbonyl (C=O) groups excluding carboxylic acids is 2. The van der Waals surface area contributed by atoms with E-state index in [9.17, 15) is 9.59 Å². The summed E-state index contributed by atoms with van der Waals surface area (Å²) in [6.07, 6.45) is 2.11. The van der Waals surface area contributed by atoms with Crippen molar-refractivity contribution in [3.05, 3.63) is 59.4 Å². The van der Waals surface area contributed by atoms with Crippen LogP contribution in [0.2, 0.25) is 0 Å². The van der Waals surface area contributed by atoms with E-state index in [0.29, 0.717) is 6.42 Å². The number of ether oxygens (including phenoxy) is 1. The van der Waals surface area contributed by atoms with Crippen molar-refractivity contribution < 1.29 is 14.3 Å². The van der Waals surface area contributed by atoms with Crippen LogP contribution in [0.3, 0.4) is 0 Å². The Hall–Kier alpha value is -2.89. The van der Waals surface area contributed by atoms with Gasteiger partial charge in [0.15, 0.2) is 0 Å². The van der Waals surface area contributed by atoms with Crippen LogP contribution < -0.4 is 10.5 Å². The molecule has 0 aliphatic rings. The summed E-state index contributed by atoms with van der Waals surface area (Å²) < 4.78 is 5.14. The Labute approximate surface area is 141 Å². The van der Waals surface area contributed by atoms with Crippen LogP contribution in [-0.2, 0) is 6.42 Å². The first-order valence-electron chi connectivity index (χ1n) is 7.58. The predicted octanol–water partition coefficient (Wildman–Crippen LogP) is 1.89. The number of rotatable bonds is 6. The summed E-state index contributed by atoms with van der Waals surface area (Å²) in [7, 11) is 3.34. The number of primary amides is 1. The molecule has 0 radical (unpaired) electrons. The minimum Gasteiger partial charge on any atom is -0.497 e. The topological polar surface area (TPSA) is 85.5 Å². The Kier molecular flexibility index (Phi) is 5.52. The maximum atomic E-state index is 12.5. The van der Waals surface area contributed by atoms with Crippen LogP contribution in [0.5, 0.6) is 5.75 Å². The second kappa shape index (κ2) is 7.59. The van der Waals surface area contributed by atoms with Crippen molar-refractivity contribution in [2.24, 2.45) is 5.73 Å². The minimum atomic E-state index is -0.583. The van der Waals surface area contributed by atoms with Gasteiger partial charge in [-0.2, -0.15) is 0 Å². The fourth-order valence-corrected chi connectivity index (χ4v) is 2.32. The molecule has 126 valence electrons. The van der Waals surface area contributed by atoms with Gasteiger partial charge in [-0.15, -0.1) is 0 Å². The van der Waals surface area contributed by atoms with Crippen LogP contribution in [0.15, 0.2) is 42.6 Å². The number of hydrogen-bond donors (Lipinski definition) is 1. The predicted molar refractivity (Wildman–Crippen MR) is 91.0 cm³/mol. The van der Waals surface area contributed by atoms with Gasteiger partial charge >= 0.3 is 0 Å². The van der Waals surface area contributed by atoms with Crippen LogP contribution in [0.4, 0.5) is 0 Å². The average Bonchev–Trinajstić information content (AvgIpc) is 2.61. The molecular formula is C18H21N3O3. The third-order valence-corrected chi connectivity index (χ3v) is 3.94. The second-order valence-corrected chi connectivity index (χ2v) is 5.61. The fraction of sp³-hybridized carbons (Fsp3) is 0.278. The first-order chi connectivity index (χ1) is 11.4. The lowest BCUT2D eigenvalue weighted by molar-refractivity contribution is 0.0737. The van der Waals surface area contributed by atoms with Crippen molar-refractivity contribution >= 4 is 11.8 Å². The zero-order valence-electron chi connectivity index (χ0n) is 14.0. The minimum absolute atomic E-state index is 0.0371. The van der Waals surface area contributed by atoms with E-state index in [4.69, 9.17) is 10.5 Å². The summed E-state index contributed by atoms with van der Waals surface area (Å²) in [5.74, 6) is -0.0391. The van der Waals surface area contributed by atoms with E-state index in [-0.39, 0.29) is 23.2 Å². The number of aromatic nitrogens is 1. The first-order valence-corrected chi connectivity index (χ1v) is 7.58. The highest BCUT2D eigenvalue weighted by molar-refractivity contribution is 5.97. The largest absolute Gasteiger partial charge is 0.497 e. The highest BCUT2D eigenvalue weighted by Gasteiger charge is 2.19. The molecule has 1 unspecified atom stereocenters. The van der Waals surface area contributed by atoms with E-state index < -0.39 is 5.91 Å². The quantitative estimate of drug-likeness (QED) is 0.878. The van der Waals surface area contributed by atoms with Crippen molar-refractivity contribution in [3.8, 4) is 5.75 Å². The van der Waals surface area contributed by atoms with E-state index in [1.807, 2.05) is 31.2 Å². The lowest BCUT2D eigenvalue weighted by atomic mass is 10.1. The number of hydrogen-bond acceptors (Lipinski definition) is 4. The van der Waals surface area contributed by atoms with E-state index >= 15 is 0 Å². The molecule has 0 saturated carbocycles. The van der Waals surface area contributed by atoms with Gasteiger partial charge in [-0.25, -0.2) is 0 Å². The van der Waals surface area contributed by atoms with Gasteiger partial charge in [-0.3, -0.25) is 14.6 Å². The maximum absolute atomic E-state index is 12.5. The molecule has 0 fully saturated rings. The molecule has 6 nitrogen and oxygen atoms in total.